The summed E-state index contributed by atoms with van der Waals surface area (Å²) in [7, 11) is 0. The molecule has 3 aromatic heterocycles. The van der Waals surface area contributed by atoms with E-state index in [0.29, 0.717) is 5.82 Å². The average Bonchev–Trinajstić information content (AvgIpc) is 3.65. The summed E-state index contributed by atoms with van der Waals surface area (Å²) in [5.74, 6) is 0.698. The van der Waals surface area contributed by atoms with Crippen molar-refractivity contribution >= 4 is 32.8 Å². The third-order valence-corrected chi connectivity index (χ3v) is 8.72. The number of hydrogen-bond donors (Lipinski definition) is 0. The van der Waals surface area contributed by atoms with Gasteiger partial charge >= 0.3 is 0 Å². The molecule has 4 nitrogen and oxygen atoms in total. The summed E-state index contributed by atoms with van der Waals surface area (Å²) < 4.78 is 4.79. The van der Waals surface area contributed by atoms with Crippen molar-refractivity contribution in [1.82, 2.24) is 19.1 Å². The molecule has 0 spiro atoms. The molecule has 0 saturated carbocycles. The van der Waals surface area contributed by atoms with Crippen molar-refractivity contribution in [3.63, 3.8) is 0 Å². The van der Waals surface area contributed by atoms with E-state index in [1.54, 1.807) is 0 Å². The van der Waals surface area contributed by atoms with Gasteiger partial charge in [0.25, 0.3) is 0 Å². The van der Waals surface area contributed by atoms with Crippen LogP contribution < -0.4 is 0 Å². The fourth-order valence-electron chi connectivity index (χ4n) is 6.65. The lowest BCUT2D eigenvalue weighted by Gasteiger charge is -2.11. The van der Waals surface area contributed by atoms with E-state index in [9.17, 15) is 0 Å². The van der Waals surface area contributed by atoms with E-state index in [4.69, 9.17) is 9.97 Å². The Morgan fingerprint density at radius 2 is 0.804 bits per heavy atom. The number of benzene rings is 6. The zero-order valence-electron chi connectivity index (χ0n) is 25.0. The molecule has 0 fully saturated rings. The van der Waals surface area contributed by atoms with Crippen LogP contribution in [-0.4, -0.2) is 19.1 Å². The number of hydrogen-bond acceptors (Lipinski definition) is 2. The van der Waals surface area contributed by atoms with Gasteiger partial charge in [-0.1, -0.05) is 121 Å². The first-order valence-corrected chi connectivity index (χ1v) is 15.5. The third-order valence-electron chi connectivity index (χ3n) is 8.72. The molecule has 46 heavy (non-hydrogen) atoms. The average molecular weight is 589 g/mol. The van der Waals surface area contributed by atoms with Gasteiger partial charge in [-0.2, -0.15) is 0 Å². The van der Waals surface area contributed by atoms with Crippen LogP contribution >= 0.6 is 0 Å². The van der Waals surface area contributed by atoms with Crippen molar-refractivity contribution in [3.8, 4) is 45.3 Å². The summed E-state index contributed by atoms with van der Waals surface area (Å²) in [4.78, 5) is 10.3. The van der Waals surface area contributed by atoms with E-state index >= 15 is 0 Å². The van der Waals surface area contributed by atoms with Gasteiger partial charge in [0, 0.05) is 38.8 Å². The van der Waals surface area contributed by atoms with Crippen LogP contribution in [0.15, 0.2) is 170 Å². The number of fused-ring (bicyclic) bond motifs is 5. The molecule has 0 amide bonds. The first-order valence-electron chi connectivity index (χ1n) is 15.5. The summed E-state index contributed by atoms with van der Waals surface area (Å²) in [6.45, 7) is 0. The second-order valence-corrected chi connectivity index (χ2v) is 11.5. The van der Waals surface area contributed by atoms with E-state index in [1.165, 1.54) is 27.3 Å². The van der Waals surface area contributed by atoms with Gasteiger partial charge in [-0.25, -0.2) is 9.97 Å². The van der Waals surface area contributed by atoms with Crippen molar-refractivity contribution in [2.75, 3.05) is 0 Å². The maximum atomic E-state index is 5.14. The quantitative estimate of drug-likeness (QED) is 0.200. The van der Waals surface area contributed by atoms with Crippen LogP contribution in [0.4, 0.5) is 0 Å². The van der Waals surface area contributed by atoms with Gasteiger partial charge in [0.2, 0.25) is 0 Å². The molecular weight excluding hydrogens is 560 g/mol. The largest absolute Gasteiger partial charge is 0.307 e. The Balaban J connectivity index is 1.36. The Morgan fingerprint density at radius 1 is 0.348 bits per heavy atom. The van der Waals surface area contributed by atoms with Crippen LogP contribution in [-0.2, 0) is 0 Å². The fraction of sp³-hybridized carbons (Fsp3) is 0. The lowest BCUT2D eigenvalue weighted by Crippen LogP contribution is -1.97. The normalized spacial score (nSPS) is 11.5. The van der Waals surface area contributed by atoms with Crippen LogP contribution in [0.25, 0.3) is 78.1 Å². The van der Waals surface area contributed by atoms with Crippen molar-refractivity contribution in [2.24, 2.45) is 0 Å². The van der Waals surface area contributed by atoms with E-state index in [0.717, 1.165) is 45.0 Å². The smallest absolute Gasteiger partial charge is 0.160 e. The SMILES string of the molecule is c1ccc(-c2cc(-c3ccccc3)nc(-c3ccc4c(c3)n(-c3ccccc3)c3c5ccccc5n(-c5ccccc5)c43)n2)cc1. The molecule has 0 atom stereocenters. The molecule has 9 aromatic rings. The van der Waals surface area contributed by atoms with Crippen molar-refractivity contribution < 1.29 is 0 Å². The lowest BCUT2D eigenvalue weighted by molar-refractivity contribution is 1.17. The second kappa shape index (κ2) is 10.7. The monoisotopic (exact) mass is 588 g/mol. The minimum atomic E-state index is 0.698. The Morgan fingerprint density at radius 3 is 1.37 bits per heavy atom. The molecule has 0 unspecified atom stereocenters. The Hall–Kier alpha value is -6.26. The highest BCUT2D eigenvalue weighted by molar-refractivity contribution is 6.20. The topological polar surface area (TPSA) is 35.6 Å². The zero-order valence-corrected chi connectivity index (χ0v) is 25.0. The van der Waals surface area contributed by atoms with Crippen molar-refractivity contribution in [3.05, 3.63) is 170 Å². The van der Waals surface area contributed by atoms with Gasteiger partial charge in [0.1, 0.15) is 0 Å². The second-order valence-electron chi connectivity index (χ2n) is 11.5. The van der Waals surface area contributed by atoms with Crippen molar-refractivity contribution in [2.45, 2.75) is 0 Å². The molecule has 6 aromatic carbocycles. The molecule has 9 rings (SSSR count). The molecule has 4 heteroatoms. The first kappa shape index (κ1) is 26.2. The predicted molar refractivity (Wildman–Crippen MR) is 190 cm³/mol. The Bertz CT molecular complexity index is 2440. The van der Waals surface area contributed by atoms with Gasteiger partial charge in [-0.05, 0) is 48.5 Å². The highest BCUT2D eigenvalue weighted by Gasteiger charge is 2.22. The first-order chi connectivity index (χ1) is 22.8. The molecule has 0 N–H and O–H groups in total. The van der Waals surface area contributed by atoms with Crippen LogP contribution in [0.3, 0.4) is 0 Å². The molecular formula is C42H28N4. The van der Waals surface area contributed by atoms with Gasteiger partial charge in [-0.15, -0.1) is 0 Å². The number of rotatable bonds is 5. The summed E-state index contributed by atoms with van der Waals surface area (Å²) in [5, 5.41) is 2.38. The molecule has 0 aliphatic carbocycles. The lowest BCUT2D eigenvalue weighted by atomic mass is 10.1. The molecule has 0 aliphatic rings. The fourth-order valence-corrected chi connectivity index (χ4v) is 6.65. The van der Waals surface area contributed by atoms with E-state index in [2.05, 4.69) is 167 Å². The maximum Gasteiger partial charge on any atom is 0.160 e. The highest BCUT2D eigenvalue weighted by Crippen LogP contribution is 2.41. The number of nitrogens with zero attached hydrogens (tertiary/aromatic N) is 4. The minimum Gasteiger partial charge on any atom is -0.307 e. The van der Waals surface area contributed by atoms with E-state index < -0.39 is 0 Å². The zero-order chi connectivity index (χ0) is 30.5. The summed E-state index contributed by atoms with van der Waals surface area (Å²) in [6, 6.07) is 59.4. The van der Waals surface area contributed by atoms with Crippen LogP contribution in [0.5, 0.6) is 0 Å². The molecule has 0 aliphatic heterocycles. The Labute approximate surface area is 266 Å². The molecule has 0 bridgehead atoms. The van der Waals surface area contributed by atoms with E-state index in [-0.39, 0.29) is 0 Å². The van der Waals surface area contributed by atoms with Gasteiger partial charge in [0.15, 0.2) is 5.82 Å². The van der Waals surface area contributed by atoms with Gasteiger partial charge in [0.05, 0.1) is 33.5 Å². The number of para-hydroxylation sites is 3. The summed E-state index contributed by atoms with van der Waals surface area (Å²) in [5.41, 5.74) is 11.8. The Kier molecular flexibility index (Phi) is 6.10. The van der Waals surface area contributed by atoms with Crippen LogP contribution in [0.2, 0.25) is 0 Å². The molecule has 3 heterocycles. The van der Waals surface area contributed by atoms with Crippen LogP contribution in [0.1, 0.15) is 0 Å². The van der Waals surface area contributed by atoms with E-state index in [1.807, 2.05) is 12.1 Å². The standard InChI is InChI=1S/C42H28N4/c1-5-15-29(16-6-1)36-28-37(30-17-7-2-8-18-30)44-42(43-36)31-25-26-35-39(27-31)46(33-21-11-4-12-22-33)40-34-23-13-14-24-38(34)45(41(35)40)32-19-9-3-10-20-32/h1-28H. The summed E-state index contributed by atoms with van der Waals surface area (Å²) >= 11 is 0. The summed E-state index contributed by atoms with van der Waals surface area (Å²) in [6.07, 6.45) is 0. The third kappa shape index (κ3) is 4.23. The van der Waals surface area contributed by atoms with Crippen LogP contribution in [0, 0.1) is 0 Å². The van der Waals surface area contributed by atoms with Crippen molar-refractivity contribution in [1.29, 1.82) is 0 Å². The maximum absolute atomic E-state index is 5.14. The van der Waals surface area contributed by atoms with Gasteiger partial charge in [-0.3, -0.25) is 0 Å². The predicted octanol–water partition coefficient (Wildman–Crippen LogP) is 10.5. The molecule has 0 radical (unpaired) electrons. The van der Waals surface area contributed by atoms with Gasteiger partial charge < -0.3 is 9.13 Å². The molecule has 0 saturated heterocycles. The number of aromatic nitrogens is 4. The highest BCUT2D eigenvalue weighted by atomic mass is 15.1. The molecule has 216 valence electrons. The minimum absolute atomic E-state index is 0.698.